The van der Waals surface area contributed by atoms with E-state index < -0.39 is 0 Å². The Hall–Kier alpha value is -2.28. The average molecular weight is 284 g/mol. The van der Waals surface area contributed by atoms with E-state index in [1.807, 2.05) is 37.3 Å². The lowest BCUT2D eigenvalue weighted by Crippen LogP contribution is -2.33. The molecule has 1 N–H and O–H groups in total. The fraction of sp³-hybridized carbons (Fsp3) is 0.412. The molecule has 1 aliphatic carbocycles. The summed E-state index contributed by atoms with van der Waals surface area (Å²) in [4.78, 5) is 12.2. The Morgan fingerprint density at radius 1 is 1.43 bits per heavy atom. The Balaban J connectivity index is 2.16. The Morgan fingerprint density at radius 3 is 2.81 bits per heavy atom. The topological polar surface area (TPSA) is 62.1 Å². The molecule has 0 bridgehead atoms. The zero-order valence-electron chi connectivity index (χ0n) is 12.3. The summed E-state index contributed by atoms with van der Waals surface area (Å²) in [7, 11) is 0. The summed E-state index contributed by atoms with van der Waals surface area (Å²) < 4.78 is 5.51. The van der Waals surface area contributed by atoms with Gasteiger partial charge in [-0.15, -0.1) is 0 Å². The summed E-state index contributed by atoms with van der Waals surface area (Å²) in [6.45, 7) is 2.44. The van der Waals surface area contributed by atoms with Gasteiger partial charge in [0.2, 0.25) is 0 Å². The monoisotopic (exact) mass is 284 g/mol. The van der Waals surface area contributed by atoms with E-state index in [1.165, 1.54) is 0 Å². The molecular formula is C17H20N2O2. The molecule has 0 aromatic heterocycles. The van der Waals surface area contributed by atoms with Gasteiger partial charge in [-0.1, -0.05) is 31.0 Å². The Morgan fingerprint density at radius 2 is 2.14 bits per heavy atom. The average Bonchev–Trinajstić information content (AvgIpc) is 2.99. The Bertz CT molecular complexity index is 566. The molecule has 0 radical (unpaired) electrons. The lowest BCUT2D eigenvalue weighted by Gasteiger charge is -2.11. The fourth-order valence-electron chi connectivity index (χ4n) is 2.52. The SMILES string of the molecule is CCOc1ccccc1/C=C(\C#N)C(=O)NC1CCCC1. The second kappa shape index (κ2) is 7.49. The number of carbonyl (C=O) groups excluding carboxylic acids is 1. The number of ether oxygens (including phenoxy) is 1. The number of nitrogens with zero attached hydrogens (tertiary/aromatic N) is 1. The molecule has 2 rings (SSSR count). The van der Waals surface area contributed by atoms with E-state index in [0.29, 0.717) is 12.4 Å². The molecule has 1 saturated carbocycles. The summed E-state index contributed by atoms with van der Waals surface area (Å²) in [6, 6.07) is 9.59. The van der Waals surface area contributed by atoms with E-state index in [1.54, 1.807) is 6.08 Å². The predicted octanol–water partition coefficient (Wildman–Crippen LogP) is 3.05. The maximum atomic E-state index is 12.2. The van der Waals surface area contributed by atoms with Gasteiger partial charge in [0.25, 0.3) is 5.91 Å². The Kier molecular flexibility index (Phi) is 5.39. The third-order valence-corrected chi connectivity index (χ3v) is 3.57. The third-order valence-electron chi connectivity index (χ3n) is 3.57. The molecule has 1 aliphatic rings. The number of benzene rings is 1. The first-order valence-corrected chi connectivity index (χ1v) is 7.39. The van der Waals surface area contributed by atoms with Crippen molar-refractivity contribution in [1.29, 1.82) is 5.26 Å². The van der Waals surface area contributed by atoms with Crippen molar-refractivity contribution in [2.45, 2.75) is 38.6 Å². The molecule has 0 spiro atoms. The molecule has 0 unspecified atom stereocenters. The summed E-state index contributed by atoms with van der Waals surface area (Å²) in [5.41, 5.74) is 0.867. The van der Waals surface area contributed by atoms with E-state index in [9.17, 15) is 10.1 Å². The van der Waals surface area contributed by atoms with Crippen LogP contribution in [0.15, 0.2) is 29.8 Å². The van der Waals surface area contributed by atoms with Crippen LogP contribution in [0, 0.1) is 11.3 Å². The third kappa shape index (κ3) is 4.09. The van der Waals surface area contributed by atoms with Gasteiger partial charge in [0.15, 0.2) is 0 Å². The van der Waals surface area contributed by atoms with Crippen LogP contribution in [0.4, 0.5) is 0 Å². The largest absolute Gasteiger partial charge is 0.493 e. The first-order chi connectivity index (χ1) is 10.2. The first kappa shape index (κ1) is 15.1. The van der Waals surface area contributed by atoms with Crippen LogP contribution in [0.1, 0.15) is 38.2 Å². The van der Waals surface area contributed by atoms with Gasteiger partial charge in [0, 0.05) is 11.6 Å². The van der Waals surface area contributed by atoms with Gasteiger partial charge in [-0.2, -0.15) is 5.26 Å². The van der Waals surface area contributed by atoms with E-state index in [0.717, 1.165) is 31.2 Å². The van der Waals surface area contributed by atoms with Crippen molar-refractivity contribution >= 4 is 12.0 Å². The van der Waals surface area contributed by atoms with E-state index >= 15 is 0 Å². The van der Waals surface area contributed by atoms with Gasteiger partial charge in [0.1, 0.15) is 17.4 Å². The van der Waals surface area contributed by atoms with E-state index in [-0.39, 0.29) is 17.5 Å². The van der Waals surface area contributed by atoms with Gasteiger partial charge >= 0.3 is 0 Å². The molecular weight excluding hydrogens is 264 g/mol. The lowest BCUT2D eigenvalue weighted by molar-refractivity contribution is -0.117. The number of rotatable bonds is 5. The number of hydrogen-bond donors (Lipinski definition) is 1. The van der Waals surface area contributed by atoms with Crippen LogP contribution in [0.5, 0.6) is 5.75 Å². The normalized spacial score (nSPS) is 15.5. The zero-order valence-corrected chi connectivity index (χ0v) is 12.3. The van der Waals surface area contributed by atoms with Crippen LogP contribution in [-0.4, -0.2) is 18.6 Å². The van der Waals surface area contributed by atoms with E-state index in [2.05, 4.69) is 5.32 Å². The summed E-state index contributed by atoms with van der Waals surface area (Å²) in [6.07, 6.45) is 5.88. The highest BCUT2D eigenvalue weighted by Crippen LogP contribution is 2.22. The van der Waals surface area contributed by atoms with E-state index in [4.69, 9.17) is 4.74 Å². The maximum absolute atomic E-state index is 12.2. The molecule has 1 amide bonds. The highest BCUT2D eigenvalue weighted by Gasteiger charge is 2.19. The van der Waals surface area contributed by atoms with Crippen LogP contribution in [-0.2, 0) is 4.79 Å². The Labute approximate surface area is 125 Å². The van der Waals surface area contributed by atoms with Gasteiger partial charge in [-0.25, -0.2) is 0 Å². The standard InChI is InChI=1S/C17H20N2O2/c1-2-21-16-10-6-3-7-13(16)11-14(12-18)17(20)19-15-8-4-5-9-15/h3,6-7,10-11,15H,2,4-5,8-9H2,1H3,(H,19,20)/b14-11+. The second-order valence-corrected chi connectivity index (χ2v) is 5.10. The predicted molar refractivity (Wildman–Crippen MR) is 81.6 cm³/mol. The smallest absolute Gasteiger partial charge is 0.262 e. The van der Waals surface area contributed by atoms with Gasteiger partial charge in [0.05, 0.1) is 6.61 Å². The molecule has 110 valence electrons. The van der Waals surface area contributed by atoms with Crippen LogP contribution in [0.2, 0.25) is 0 Å². The molecule has 1 fully saturated rings. The van der Waals surface area contributed by atoms with Crippen molar-refractivity contribution < 1.29 is 9.53 Å². The first-order valence-electron chi connectivity index (χ1n) is 7.39. The maximum Gasteiger partial charge on any atom is 0.262 e. The molecule has 4 heteroatoms. The molecule has 4 nitrogen and oxygen atoms in total. The summed E-state index contributed by atoms with van der Waals surface area (Å²) in [5.74, 6) is 0.386. The van der Waals surface area contributed by atoms with Crippen molar-refractivity contribution in [3.8, 4) is 11.8 Å². The van der Waals surface area contributed by atoms with Gasteiger partial charge in [-0.05, 0) is 31.9 Å². The van der Waals surface area contributed by atoms with Crippen molar-refractivity contribution in [3.05, 3.63) is 35.4 Å². The molecule has 0 heterocycles. The highest BCUT2D eigenvalue weighted by molar-refractivity contribution is 6.02. The molecule has 1 aromatic rings. The minimum atomic E-state index is -0.296. The fourth-order valence-corrected chi connectivity index (χ4v) is 2.52. The number of nitriles is 1. The minimum absolute atomic E-state index is 0.119. The number of carbonyl (C=O) groups is 1. The van der Waals surface area contributed by atoms with Crippen molar-refractivity contribution in [3.63, 3.8) is 0 Å². The number of amides is 1. The highest BCUT2D eigenvalue weighted by atomic mass is 16.5. The minimum Gasteiger partial charge on any atom is -0.493 e. The van der Waals surface area contributed by atoms with Crippen molar-refractivity contribution in [1.82, 2.24) is 5.32 Å². The second-order valence-electron chi connectivity index (χ2n) is 5.10. The molecule has 0 atom stereocenters. The van der Waals surface area contributed by atoms with Crippen LogP contribution in [0.25, 0.3) is 6.08 Å². The van der Waals surface area contributed by atoms with Crippen molar-refractivity contribution in [2.24, 2.45) is 0 Å². The molecule has 1 aromatic carbocycles. The summed E-state index contributed by atoms with van der Waals surface area (Å²) >= 11 is 0. The number of hydrogen-bond acceptors (Lipinski definition) is 3. The van der Waals surface area contributed by atoms with Crippen molar-refractivity contribution in [2.75, 3.05) is 6.61 Å². The van der Waals surface area contributed by atoms with Crippen LogP contribution >= 0.6 is 0 Å². The van der Waals surface area contributed by atoms with Crippen LogP contribution < -0.4 is 10.1 Å². The van der Waals surface area contributed by atoms with Crippen LogP contribution in [0.3, 0.4) is 0 Å². The molecule has 21 heavy (non-hydrogen) atoms. The zero-order chi connectivity index (χ0) is 15.1. The summed E-state index contributed by atoms with van der Waals surface area (Å²) in [5, 5.41) is 12.2. The lowest BCUT2D eigenvalue weighted by atomic mass is 10.1. The number of para-hydroxylation sites is 1. The quantitative estimate of drug-likeness (QED) is 0.667. The van der Waals surface area contributed by atoms with Gasteiger partial charge < -0.3 is 10.1 Å². The van der Waals surface area contributed by atoms with Gasteiger partial charge in [-0.3, -0.25) is 4.79 Å². The molecule has 0 saturated heterocycles. The number of nitrogens with one attached hydrogen (secondary N) is 1. The molecule has 0 aliphatic heterocycles.